The number of thioether (sulfide) groups is 1. The Bertz CT molecular complexity index is 684. The van der Waals surface area contributed by atoms with E-state index in [9.17, 15) is 4.79 Å². The summed E-state index contributed by atoms with van der Waals surface area (Å²) in [5, 5.41) is 4.36. The highest BCUT2D eigenvalue weighted by Crippen LogP contribution is 2.31. The maximum Gasteiger partial charge on any atom is 0.258 e. The number of halogens is 1. The third-order valence-electron chi connectivity index (χ3n) is 3.65. The van der Waals surface area contributed by atoms with Crippen molar-refractivity contribution in [2.75, 3.05) is 18.8 Å². The van der Waals surface area contributed by atoms with E-state index < -0.39 is 0 Å². The Morgan fingerprint density at radius 1 is 1.32 bits per heavy atom. The van der Waals surface area contributed by atoms with Crippen LogP contribution in [-0.2, 0) is 0 Å². The van der Waals surface area contributed by atoms with Crippen molar-refractivity contribution < 1.29 is 4.79 Å². The first-order valence-electron chi connectivity index (χ1n) is 7.20. The van der Waals surface area contributed by atoms with Gasteiger partial charge in [-0.05, 0) is 41.9 Å². The lowest BCUT2D eigenvalue weighted by atomic mass is 10.1. The molecule has 116 valence electrons. The SMILES string of the molecule is CC1(C)CN(C(=O)c2cnn(-c3ccccc3)c2Br)CCS1. The summed E-state index contributed by atoms with van der Waals surface area (Å²) in [7, 11) is 0. The standard InChI is InChI=1S/C16H18BrN3OS/c1-16(2)11-19(8-9-22-16)15(21)13-10-18-20(14(13)17)12-6-4-3-5-7-12/h3-7,10H,8-9,11H2,1-2H3. The first-order chi connectivity index (χ1) is 10.5. The van der Waals surface area contributed by atoms with Crippen molar-refractivity contribution in [2.24, 2.45) is 0 Å². The molecular weight excluding hydrogens is 362 g/mol. The van der Waals surface area contributed by atoms with Crippen molar-refractivity contribution in [3.8, 4) is 5.69 Å². The fraction of sp³-hybridized carbons (Fsp3) is 0.375. The van der Waals surface area contributed by atoms with Crippen LogP contribution >= 0.6 is 27.7 Å². The largest absolute Gasteiger partial charge is 0.336 e. The predicted octanol–water partition coefficient (Wildman–Crippen LogP) is 3.60. The Morgan fingerprint density at radius 3 is 2.73 bits per heavy atom. The fourth-order valence-corrected chi connectivity index (χ4v) is 4.27. The molecular formula is C16H18BrN3OS. The van der Waals surface area contributed by atoms with Crippen LogP contribution in [0.4, 0.5) is 0 Å². The zero-order chi connectivity index (χ0) is 15.7. The number of para-hydroxylation sites is 1. The third kappa shape index (κ3) is 3.08. The summed E-state index contributed by atoms with van der Waals surface area (Å²) in [6.07, 6.45) is 1.65. The number of carbonyl (C=O) groups is 1. The second-order valence-corrected chi connectivity index (χ2v) is 8.48. The number of rotatable bonds is 2. The van der Waals surface area contributed by atoms with E-state index in [1.54, 1.807) is 10.9 Å². The molecule has 1 saturated heterocycles. The maximum atomic E-state index is 12.8. The van der Waals surface area contributed by atoms with Crippen LogP contribution in [0.25, 0.3) is 5.69 Å². The Hall–Kier alpha value is -1.27. The zero-order valence-corrected chi connectivity index (χ0v) is 15.0. The van der Waals surface area contributed by atoms with E-state index in [1.807, 2.05) is 47.0 Å². The number of carbonyl (C=O) groups excluding carboxylic acids is 1. The molecule has 2 heterocycles. The Balaban J connectivity index is 1.87. The van der Waals surface area contributed by atoms with Crippen molar-refractivity contribution in [3.63, 3.8) is 0 Å². The molecule has 1 fully saturated rings. The second kappa shape index (κ2) is 6.08. The number of benzene rings is 1. The molecule has 0 unspecified atom stereocenters. The van der Waals surface area contributed by atoms with Gasteiger partial charge in [-0.1, -0.05) is 18.2 Å². The van der Waals surface area contributed by atoms with E-state index in [0.717, 1.165) is 24.5 Å². The van der Waals surface area contributed by atoms with Gasteiger partial charge in [0, 0.05) is 23.6 Å². The van der Waals surface area contributed by atoms with Crippen LogP contribution < -0.4 is 0 Å². The van der Waals surface area contributed by atoms with Crippen LogP contribution in [0.2, 0.25) is 0 Å². The Labute approximate surface area is 143 Å². The van der Waals surface area contributed by atoms with Crippen LogP contribution in [-0.4, -0.2) is 44.2 Å². The number of amides is 1. The molecule has 1 amide bonds. The molecule has 3 rings (SSSR count). The van der Waals surface area contributed by atoms with E-state index in [4.69, 9.17) is 0 Å². The van der Waals surface area contributed by atoms with Crippen LogP contribution in [0.3, 0.4) is 0 Å². The molecule has 0 radical (unpaired) electrons. The molecule has 1 aromatic heterocycles. The minimum atomic E-state index is 0.0439. The zero-order valence-electron chi connectivity index (χ0n) is 12.6. The smallest absolute Gasteiger partial charge is 0.258 e. The summed E-state index contributed by atoms with van der Waals surface area (Å²) < 4.78 is 2.56. The monoisotopic (exact) mass is 379 g/mol. The van der Waals surface area contributed by atoms with Gasteiger partial charge < -0.3 is 4.90 Å². The molecule has 0 N–H and O–H groups in total. The summed E-state index contributed by atoms with van der Waals surface area (Å²) in [5.41, 5.74) is 1.55. The van der Waals surface area contributed by atoms with Gasteiger partial charge in [-0.2, -0.15) is 16.9 Å². The van der Waals surface area contributed by atoms with E-state index in [1.165, 1.54) is 0 Å². The number of hydrogen-bond acceptors (Lipinski definition) is 3. The fourth-order valence-electron chi connectivity index (χ4n) is 2.59. The molecule has 2 aromatic rings. The lowest BCUT2D eigenvalue weighted by Crippen LogP contribution is -2.46. The van der Waals surface area contributed by atoms with Gasteiger partial charge in [0.2, 0.25) is 0 Å². The quantitative estimate of drug-likeness (QED) is 0.799. The van der Waals surface area contributed by atoms with Crippen molar-refractivity contribution in [1.29, 1.82) is 0 Å². The molecule has 1 aliphatic heterocycles. The van der Waals surface area contributed by atoms with E-state index in [0.29, 0.717) is 10.2 Å². The van der Waals surface area contributed by atoms with Crippen molar-refractivity contribution >= 4 is 33.6 Å². The second-order valence-electron chi connectivity index (χ2n) is 5.93. The average molecular weight is 380 g/mol. The highest BCUT2D eigenvalue weighted by atomic mass is 79.9. The van der Waals surface area contributed by atoms with Gasteiger partial charge in [0.05, 0.1) is 17.4 Å². The van der Waals surface area contributed by atoms with Gasteiger partial charge in [-0.15, -0.1) is 0 Å². The molecule has 0 bridgehead atoms. The highest BCUT2D eigenvalue weighted by Gasteiger charge is 2.31. The normalized spacial score (nSPS) is 17.5. The lowest BCUT2D eigenvalue weighted by molar-refractivity contribution is 0.0747. The minimum absolute atomic E-state index is 0.0439. The maximum absolute atomic E-state index is 12.8. The molecule has 4 nitrogen and oxygen atoms in total. The van der Waals surface area contributed by atoms with Gasteiger partial charge >= 0.3 is 0 Å². The summed E-state index contributed by atoms with van der Waals surface area (Å²) in [6, 6.07) is 9.80. The molecule has 1 aromatic carbocycles. The summed E-state index contributed by atoms with van der Waals surface area (Å²) in [5.74, 6) is 1.02. The van der Waals surface area contributed by atoms with Crippen molar-refractivity contribution in [2.45, 2.75) is 18.6 Å². The number of nitrogens with zero attached hydrogens (tertiary/aromatic N) is 3. The number of aromatic nitrogens is 2. The van der Waals surface area contributed by atoms with Gasteiger partial charge in [-0.25, -0.2) is 4.68 Å². The van der Waals surface area contributed by atoms with E-state index in [2.05, 4.69) is 34.9 Å². The first-order valence-corrected chi connectivity index (χ1v) is 8.98. The van der Waals surface area contributed by atoms with Crippen LogP contribution in [0, 0.1) is 0 Å². The molecule has 0 atom stereocenters. The number of hydrogen-bond donors (Lipinski definition) is 0. The van der Waals surface area contributed by atoms with Crippen LogP contribution in [0.1, 0.15) is 24.2 Å². The predicted molar refractivity (Wildman–Crippen MR) is 93.7 cm³/mol. The average Bonchev–Trinajstić information content (AvgIpc) is 2.88. The molecule has 0 aliphatic carbocycles. The van der Waals surface area contributed by atoms with Crippen LogP contribution in [0.5, 0.6) is 0 Å². The van der Waals surface area contributed by atoms with Gasteiger partial charge in [0.25, 0.3) is 5.91 Å². The van der Waals surface area contributed by atoms with E-state index >= 15 is 0 Å². The van der Waals surface area contributed by atoms with E-state index in [-0.39, 0.29) is 10.7 Å². The third-order valence-corrected chi connectivity index (χ3v) is 5.71. The van der Waals surface area contributed by atoms with Crippen molar-refractivity contribution in [1.82, 2.24) is 14.7 Å². The topological polar surface area (TPSA) is 38.1 Å². The van der Waals surface area contributed by atoms with Gasteiger partial charge in [0.15, 0.2) is 0 Å². The first kappa shape index (κ1) is 15.6. The molecule has 0 spiro atoms. The van der Waals surface area contributed by atoms with Gasteiger partial charge in [0.1, 0.15) is 4.60 Å². The molecule has 22 heavy (non-hydrogen) atoms. The molecule has 6 heteroatoms. The molecule has 0 saturated carbocycles. The molecule has 1 aliphatic rings. The summed E-state index contributed by atoms with van der Waals surface area (Å²) in [6.45, 7) is 5.91. The summed E-state index contributed by atoms with van der Waals surface area (Å²) in [4.78, 5) is 14.7. The summed E-state index contributed by atoms with van der Waals surface area (Å²) >= 11 is 5.45. The minimum Gasteiger partial charge on any atom is -0.336 e. The highest BCUT2D eigenvalue weighted by molar-refractivity contribution is 9.10. The van der Waals surface area contributed by atoms with Crippen molar-refractivity contribution in [3.05, 3.63) is 46.7 Å². The Kier molecular flexibility index (Phi) is 4.32. The lowest BCUT2D eigenvalue weighted by Gasteiger charge is -2.37. The Morgan fingerprint density at radius 2 is 2.05 bits per heavy atom. The van der Waals surface area contributed by atoms with Crippen LogP contribution in [0.15, 0.2) is 41.1 Å². The van der Waals surface area contributed by atoms with Gasteiger partial charge in [-0.3, -0.25) is 4.79 Å².